The lowest BCUT2D eigenvalue weighted by Gasteiger charge is -2.37. The maximum absolute atomic E-state index is 10.9. The molecule has 3 atom stereocenters. The fraction of sp³-hybridized carbons (Fsp3) is 0.474. The van der Waals surface area contributed by atoms with Crippen molar-refractivity contribution in [3.8, 4) is 5.88 Å². The molecule has 2 aromatic heterocycles. The zero-order chi connectivity index (χ0) is 18.4. The highest BCUT2D eigenvalue weighted by molar-refractivity contribution is 7.17. The number of morpholine rings is 1. The quantitative estimate of drug-likeness (QED) is 0.736. The molecule has 0 spiro atoms. The van der Waals surface area contributed by atoms with Crippen LogP contribution in [0.4, 0.5) is 0 Å². The van der Waals surface area contributed by atoms with Crippen molar-refractivity contribution in [2.45, 2.75) is 45.9 Å². The van der Waals surface area contributed by atoms with Crippen molar-refractivity contribution >= 4 is 16.3 Å². The van der Waals surface area contributed by atoms with E-state index in [-0.39, 0.29) is 24.1 Å². The first kappa shape index (κ1) is 17.5. The van der Waals surface area contributed by atoms with Crippen molar-refractivity contribution in [2.75, 3.05) is 13.1 Å². The van der Waals surface area contributed by atoms with Crippen LogP contribution in [-0.4, -0.2) is 45.0 Å². The number of aryl methyl sites for hydroxylation is 2. The predicted octanol–water partition coefficient (Wildman–Crippen LogP) is 1.89. The van der Waals surface area contributed by atoms with E-state index in [1.54, 1.807) is 4.52 Å². The molecule has 7 heteroatoms. The summed E-state index contributed by atoms with van der Waals surface area (Å²) in [5.74, 6) is 0.876. The van der Waals surface area contributed by atoms with Crippen molar-refractivity contribution in [1.82, 2.24) is 14.6 Å². The van der Waals surface area contributed by atoms with Gasteiger partial charge in [0.25, 0.3) is 0 Å². The van der Waals surface area contributed by atoms with Gasteiger partial charge >= 0.3 is 0 Å². The summed E-state index contributed by atoms with van der Waals surface area (Å²) in [4.78, 5) is 7.49. The number of nitrogens with one attached hydrogen (secondary N) is 1. The van der Waals surface area contributed by atoms with E-state index < -0.39 is 0 Å². The van der Waals surface area contributed by atoms with Crippen LogP contribution in [0.25, 0.3) is 4.96 Å². The summed E-state index contributed by atoms with van der Waals surface area (Å²) in [6.07, 6.45) is 0.376. The van der Waals surface area contributed by atoms with Crippen LogP contribution in [0.5, 0.6) is 5.88 Å². The van der Waals surface area contributed by atoms with Crippen LogP contribution < -0.4 is 4.90 Å². The van der Waals surface area contributed by atoms with Gasteiger partial charge in [-0.25, -0.2) is 4.98 Å². The number of quaternary nitrogens is 1. The van der Waals surface area contributed by atoms with Gasteiger partial charge in [-0.15, -0.1) is 5.10 Å². The monoisotopic (exact) mass is 373 g/mol. The number of hydrogen-bond acceptors (Lipinski definition) is 5. The van der Waals surface area contributed by atoms with E-state index in [0.717, 1.165) is 22.9 Å². The van der Waals surface area contributed by atoms with Gasteiger partial charge in [-0.2, -0.15) is 4.52 Å². The maximum atomic E-state index is 10.9. The van der Waals surface area contributed by atoms with E-state index >= 15 is 0 Å². The number of rotatable bonds is 3. The van der Waals surface area contributed by atoms with Gasteiger partial charge in [0.15, 0.2) is 6.04 Å². The van der Waals surface area contributed by atoms with Crippen LogP contribution in [0.3, 0.4) is 0 Å². The average molecular weight is 374 g/mol. The Bertz CT molecular complexity index is 908. The molecule has 26 heavy (non-hydrogen) atoms. The molecule has 138 valence electrons. The highest BCUT2D eigenvalue weighted by Crippen LogP contribution is 2.35. The summed E-state index contributed by atoms with van der Waals surface area (Å²) in [6.45, 7) is 9.96. The number of ether oxygens (including phenoxy) is 1. The Kier molecular flexibility index (Phi) is 4.46. The molecule has 6 nitrogen and oxygen atoms in total. The van der Waals surface area contributed by atoms with Crippen molar-refractivity contribution in [2.24, 2.45) is 0 Å². The van der Waals surface area contributed by atoms with Gasteiger partial charge in [0.1, 0.15) is 36.0 Å². The number of thiazole rings is 1. The Hall–Kier alpha value is -1.96. The number of hydrogen-bond donors (Lipinski definition) is 2. The lowest BCUT2D eigenvalue weighted by Crippen LogP contribution is -3.15. The molecular formula is C19H25N4O2S+. The Balaban J connectivity index is 1.82. The van der Waals surface area contributed by atoms with Crippen molar-refractivity contribution in [3.63, 3.8) is 0 Å². The van der Waals surface area contributed by atoms with E-state index in [4.69, 9.17) is 4.74 Å². The molecule has 0 aliphatic carbocycles. The van der Waals surface area contributed by atoms with Crippen molar-refractivity contribution in [3.05, 3.63) is 46.1 Å². The fourth-order valence-electron chi connectivity index (χ4n) is 3.92. The second-order valence-corrected chi connectivity index (χ2v) is 8.32. The highest BCUT2D eigenvalue weighted by Gasteiger charge is 2.37. The molecule has 3 heterocycles. The second kappa shape index (κ2) is 6.64. The summed E-state index contributed by atoms with van der Waals surface area (Å²) >= 11 is 1.53. The van der Waals surface area contributed by atoms with Crippen molar-refractivity contribution in [1.29, 1.82) is 0 Å². The zero-order valence-electron chi connectivity index (χ0n) is 15.6. The normalized spacial score (nSPS) is 24.8. The molecule has 0 bridgehead atoms. The van der Waals surface area contributed by atoms with Gasteiger partial charge in [-0.1, -0.05) is 41.2 Å². The van der Waals surface area contributed by atoms with Crippen LogP contribution >= 0.6 is 11.3 Å². The van der Waals surface area contributed by atoms with E-state index in [1.165, 1.54) is 27.4 Å². The lowest BCUT2D eigenvalue weighted by atomic mass is 10.0. The predicted molar refractivity (Wildman–Crippen MR) is 101 cm³/mol. The van der Waals surface area contributed by atoms with Gasteiger partial charge in [0.2, 0.25) is 10.8 Å². The van der Waals surface area contributed by atoms with E-state index in [1.807, 2.05) is 6.92 Å². The summed E-state index contributed by atoms with van der Waals surface area (Å²) in [6, 6.07) is 8.63. The molecule has 1 saturated heterocycles. The van der Waals surface area contributed by atoms with Crippen LogP contribution in [0.1, 0.15) is 41.7 Å². The van der Waals surface area contributed by atoms with Gasteiger partial charge in [-0.3, -0.25) is 0 Å². The van der Waals surface area contributed by atoms with E-state index in [0.29, 0.717) is 5.82 Å². The van der Waals surface area contributed by atoms with Crippen molar-refractivity contribution < 1.29 is 14.7 Å². The topological polar surface area (TPSA) is 64.1 Å². The van der Waals surface area contributed by atoms with E-state index in [9.17, 15) is 5.11 Å². The third-order valence-corrected chi connectivity index (χ3v) is 6.04. The summed E-state index contributed by atoms with van der Waals surface area (Å²) in [7, 11) is 0. The molecule has 1 aromatic carbocycles. The molecule has 1 fully saturated rings. The minimum absolute atomic E-state index is 0.0400. The molecule has 1 aliphatic rings. The average Bonchev–Trinajstić information content (AvgIpc) is 3.07. The first-order chi connectivity index (χ1) is 12.4. The number of fused-ring (bicyclic) bond motifs is 1. The molecule has 1 aliphatic heterocycles. The Morgan fingerprint density at radius 3 is 2.46 bits per heavy atom. The third kappa shape index (κ3) is 3.11. The van der Waals surface area contributed by atoms with Crippen LogP contribution in [0.15, 0.2) is 24.3 Å². The number of aromatic hydroxyl groups is 1. The SMILES string of the molecule is Cc1ccc([C@H](c2sc3nc(C)nn3c2O)[NH+]2C[C@@H](C)O[C@H](C)C2)cc1. The number of aromatic nitrogens is 3. The second-order valence-electron chi connectivity index (χ2n) is 7.31. The summed E-state index contributed by atoms with van der Waals surface area (Å²) in [5.41, 5.74) is 2.43. The first-order valence-electron chi connectivity index (χ1n) is 9.04. The summed E-state index contributed by atoms with van der Waals surface area (Å²) < 4.78 is 7.50. The molecule has 2 N–H and O–H groups in total. The molecule has 0 radical (unpaired) electrons. The molecular weight excluding hydrogens is 348 g/mol. The van der Waals surface area contributed by atoms with Gasteiger partial charge < -0.3 is 14.7 Å². The van der Waals surface area contributed by atoms with Crippen LogP contribution in [-0.2, 0) is 4.74 Å². The fourth-order valence-corrected chi connectivity index (χ4v) is 5.10. The standard InChI is InChI=1S/C19H24N4O2S/c1-11-5-7-15(8-6-11)16(22-9-12(2)25-13(3)10-22)17-18(24)23-19(26-17)20-14(4)21-23/h5-8,12-13,16,24H,9-10H2,1-4H3/p+1/t12-,13-,16-/m1/s1. The molecule has 3 aromatic rings. The first-order valence-corrected chi connectivity index (χ1v) is 9.85. The molecule has 0 saturated carbocycles. The Morgan fingerprint density at radius 1 is 1.19 bits per heavy atom. The number of benzene rings is 1. The largest absolute Gasteiger partial charge is 0.492 e. The minimum atomic E-state index is 0.0400. The Morgan fingerprint density at radius 2 is 1.85 bits per heavy atom. The maximum Gasteiger partial charge on any atom is 0.235 e. The van der Waals surface area contributed by atoms with Gasteiger partial charge in [0.05, 0.1) is 0 Å². The van der Waals surface area contributed by atoms with Gasteiger partial charge in [-0.05, 0) is 27.7 Å². The molecule has 4 rings (SSSR count). The molecule has 0 unspecified atom stereocenters. The Labute approximate surface area is 157 Å². The van der Waals surface area contributed by atoms with E-state index in [2.05, 4.69) is 55.1 Å². The summed E-state index contributed by atoms with van der Waals surface area (Å²) in [5, 5.41) is 15.2. The molecule has 0 amide bonds. The zero-order valence-corrected chi connectivity index (χ0v) is 16.4. The van der Waals surface area contributed by atoms with Crippen LogP contribution in [0, 0.1) is 13.8 Å². The lowest BCUT2D eigenvalue weighted by molar-refractivity contribution is -0.939. The minimum Gasteiger partial charge on any atom is -0.492 e. The smallest absolute Gasteiger partial charge is 0.235 e. The van der Waals surface area contributed by atoms with Gasteiger partial charge in [0, 0.05) is 5.56 Å². The van der Waals surface area contributed by atoms with Crippen LogP contribution in [0.2, 0.25) is 0 Å². The highest BCUT2D eigenvalue weighted by atomic mass is 32.1. The third-order valence-electron chi connectivity index (χ3n) is 4.95. The number of nitrogens with zero attached hydrogens (tertiary/aromatic N) is 3.